The van der Waals surface area contributed by atoms with E-state index < -0.39 is 0 Å². The van der Waals surface area contributed by atoms with Crippen LogP contribution in [0.15, 0.2) is 54.6 Å². The summed E-state index contributed by atoms with van der Waals surface area (Å²) >= 11 is 0. The molecule has 1 atom stereocenters. The van der Waals surface area contributed by atoms with Crippen molar-refractivity contribution < 1.29 is 4.79 Å². The van der Waals surface area contributed by atoms with Gasteiger partial charge in [-0.05, 0) is 37.7 Å². The molecule has 0 bridgehead atoms. The first-order valence-corrected chi connectivity index (χ1v) is 7.29. The number of benzene rings is 2. The highest BCUT2D eigenvalue weighted by molar-refractivity contribution is 5.99. The Morgan fingerprint density at radius 2 is 1.71 bits per heavy atom. The van der Waals surface area contributed by atoms with Gasteiger partial charge in [-0.15, -0.1) is 0 Å². The van der Waals surface area contributed by atoms with Crippen LogP contribution in [-0.2, 0) is 11.2 Å². The largest absolute Gasteiger partial charge is 0.310 e. The molecule has 0 N–H and O–H groups in total. The van der Waals surface area contributed by atoms with Gasteiger partial charge in [0.25, 0.3) is 0 Å². The summed E-state index contributed by atoms with van der Waals surface area (Å²) in [5.74, 6) is 0.149. The fourth-order valence-corrected chi connectivity index (χ4v) is 3.01. The lowest BCUT2D eigenvalue weighted by Gasteiger charge is -2.28. The summed E-state index contributed by atoms with van der Waals surface area (Å²) in [6.45, 7) is 0.773. The Balaban J connectivity index is 1.93. The van der Waals surface area contributed by atoms with Crippen molar-refractivity contribution >= 4 is 11.6 Å². The number of amides is 1. The third kappa shape index (κ3) is 2.57. The Labute approximate surface area is 125 Å². The molecule has 1 heterocycles. The van der Waals surface area contributed by atoms with E-state index in [1.807, 2.05) is 72.4 Å². The van der Waals surface area contributed by atoms with Gasteiger partial charge < -0.3 is 4.90 Å². The Bertz CT molecular complexity index is 637. The van der Waals surface area contributed by atoms with Crippen molar-refractivity contribution in [2.75, 3.05) is 25.5 Å². The average Bonchev–Trinajstić information content (AvgIpc) is 2.92. The van der Waals surface area contributed by atoms with E-state index in [0.717, 1.165) is 24.2 Å². The normalized spacial score (nSPS) is 15.1. The molecule has 1 unspecified atom stereocenters. The molecule has 1 amide bonds. The molecule has 21 heavy (non-hydrogen) atoms. The third-order valence-corrected chi connectivity index (χ3v) is 4.02. The summed E-state index contributed by atoms with van der Waals surface area (Å²) in [5, 5.41) is 0. The van der Waals surface area contributed by atoms with Crippen molar-refractivity contribution in [1.29, 1.82) is 0 Å². The standard InChI is InChI=1S/C18H20N2O/c1-19(2)17(15-9-4-3-5-10-15)18(21)20-13-12-14-8-6-7-11-16(14)20/h3-11,17H,12-13H2,1-2H3. The molecule has 3 nitrogen and oxygen atoms in total. The second-order valence-electron chi connectivity index (χ2n) is 5.65. The highest BCUT2D eigenvalue weighted by atomic mass is 16.2. The fourth-order valence-electron chi connectivity index (χ4n) is 3.01. The summed E-state index contributed by atoms with van der Waals surface area (Å²) in [6.07, 6.45) is 0.941. The second kappa shape index (κ2) is 5.70. The van der Waals surface area contributed by atoms with Gasteiger partial charge in [0.05, 0.1) is 0 Å². The zero-order valence-corrected chi connectivity index (χ0v) is 12.5. The summed E-state index contributed by atoms with van der Waals surface area (Å²) in [6, 6.07) is 17.9. The Morgan fingerprint density at radius 1 is 1.05 bits per heavy atom. The van der Waals surface area contributed by atoms with Gasteiger partial charge >= 0.3 is 0 Å². The molecule has 1 aliphatic heterocycles. The van der Waals surface area contributed by atoms with Gasteiger partial charge in [-0.25, -0.2) is 0 Å². The smallest absolute Gasteiger partial charge is 0.248 e. The van der Waals surface area contributed by atoms with Gasteiger partial charge in [0.2, 0.25) is 5.91 Å². The molecular formula is C18H20N2O. The number of rotatable bonds is 3. The molecule has 0 radical (unpaired) electrons. The predicted octanol–water partition coefficient (Wildman–Crippen LogP) is 2.88. The highest BCUT2D eigenvalue weighted by Crippen LogP contribution is 2.31. The molecule has 0 aliphatic carbocycles. The van der Waals surface area contributed by atoms with Crippen LogP contribution < -0.4 is 4.90 Å². The molecule has 3 heteroatoms. The van der Waals surface area contributed by atoms with E-state index in [1.54, 1.807) is 0 Å². The van der Waals surface area contributed by atoms with Crippen LogP contribution in [0.4, 0.5) is 5.69 Å². The molecule has 0 saturated carbocycles. The topological polar surface area (TPSA) is 23.6 Å². The number of carbonyl (C=O) groups excluding carboxylic acids is 1. The summed E-state index contributed by atoms with van der Waals surface area (Å²) < 4.78 is 0. The van der Waals surface area contributed by atoms with Crippen LogP contribution in [-0.4, -0.2) is 31.4 Å². The fraction of sp³-hybridized carbons (Fsp3) is 0.278. The lowest BCUT2D eigenvalue weighted by Crippen LogP contribution is -2.39. The van der Waals surface area contributed by atoms with Gasteiger partial charge in [0.1, 0.15) is 6.04 Å². The Morgan fingerprint density at radius 3 is 2.43 bits per heavy atom. The van der Waals surface area contributed by atoms with Crippen molar-refractivity contribution in [1.82, 2.24) is 4.90 Å². The number of fused-ring (bicyclic) bond motifs is 1. The van der Waals surface area contributed by atoms with E-state index in [1.165, 1.54) is 5.56 Å². The minimum atomic E-state index is -0.239. The van der Waals surface area contributed by atoms with Crippen molar-refractivity contribution in [3.63, 3.8) is 0 Å². The molecule has 0 spiro atoms. The van der Waals surface area contributed by atoms with E-state index in [9.17, 15) is 4.79 Å². The molecule has 0 aromatic heterocycles. The second-order valence-corrected chi connectivity index (χ2v) is 5.65. The molecule has 2 aromatic carbocycles. The minimum Gasteiger partial charge on any atom is -0.310 e. The number of nitrogens with zero attached hydrogens (tertiary/aromatic N) is 2. The molecule has 2 aromatic rings. The molecule has 0 fully saturated rings. The van der Waals surface area contributed by atoms with Crippen LogP contribution >= 0.6 is 0 Å². The van der Waals surface area contributed by atoms with E-state index in [-0.39, 0.29) is 11.9 Å². The van der Waals surface area contributed by atoms with E-state index in [2.05, 4.69) is 6.07 Å². The van der Waals surface area contributed by atoms with E-state index >= 15 is 0 Å². The van der Waals surface area contributed by atoms with Crippen molar-refractivity contribution in [3.8, 4) is 0 Å². The highest BCUT2D eigenvalue weighted by Gasteiger charge is 2.32. The van der Waals surface area contributed by atoms with Gasteiger partial charge in [-0.2, -0.15) is 0 Å². The lowest BCUT2D eigenvalue weighted by atomic mass is 10.0. The molecule has 0 saturated heterocycles. The number of para-hydroxylation sites is 1. The molecule has 3 rings (SSSR count). The quantitative estimate of drug-likeness (QED) is 0.863. The van der Waals surface area contributed by atoms with E-state index in [4.69, 9.17) is 0 Å². The number of hydrogen-bond acceptors (Lipinski definition) is 2. The van der Waals surface area contributed by atoms with Crippen LogP contribution in [0.1, 0.15) is 17.2 Å². The lowest BCUT2D eigenvalue weighted by molar-refractivity contribution is -0.123. The van der Waals surface area contributed by atoms with Gasteiger partial charge in [-0.3, -0.25) is 9.69 Å². The number of anilines is 1. The van der Waals surface area contributed by atoms with Crippen LogP contribution in [0, 0.1) is 0 Å². The first-order chi connectivity index (χ1) is 10.2. The zero-order valence-electron chi connectivity index (χ0n) is 12.5. The first-order valence-electron chi connectivity index (χ1n) is 7.29. The maximum absolute atomic E-state index is 13.0. The summed E-state index contributed by atoms with van der Waals surface area (Å²) in [7, 11) is 3.91. The van der Waals surface area contributed by atoms with Gasteiger partial charge in [-0.1, -0.05) is 48.5 Å². The van der Waals surface area contributed by atoms with Crippen LogP contribution in [0.3, 0.4) is 0 Å². The van der Waals surface area contributed by atoms with E-state index in [0.29, 0.717) is 0 Å². The van der Waals surface area contributed by atoms with Crippen molar-refractivity contribution in [3.05, 3.63) is 65.7 Å². The molecular weight excluding hydrogens is 260 g/mol. The zero-order chi connectivity index (χ0) is 14.8. The molecule has 1 aliphatic rings. The van der Waals surface area contributed by atoms with Crippen molar-refractivity contribution in [2.45, 2.75) is 12.5 Å². The Hall–Kier alpha value is -2.13. The third-order valence-electron chi connectivity index (χ3n) is 4.02. The predicted molar refractivity (Wildman–Crippen MR) is 85.4 cm³/mol. The summed E-state index contributed by atoms with van der Waals surface area (Å²) in [4.78, 5) is 16.9. The minimum absolute atomic E-state index is 0.149. The molecule has 108 valence electrons. The number of hydrogen-bond donors (Lipinski definition) is 0. The maximum atomic E-state index is 13.0. The van der Waals surface area contributed by atoms with Crippen LogP contribution in [0.2, 0.25) is 0 Å². The number of carbonyl (C=O) groups is 1. The van der Waals surface area contributed by atoms with Gasteiger partial charge in [0, 0.05) is 12.2 Å². The van der Waals surface area contributed by atoms with Gasteiger partial charge in [0.15, 0.2) is 0 Å². The monoisotopic (exact) mass is 280 g/mol. The average molecular weight is 280 g/mol. The SMILES string of the molecule is CN(C)C(C(=O)N1CCc2ccccc21)c1ccccc1. The number of likely N-dealkylation sites (N-methyl/N-ethyl adjacent to an activating group) is 1. The Kier molecular flexibility index (Phi) is 3.76. The van der Waals surface area contributed by atoms with Crippen LogP contribution in [0.5, 0.6) is 0 Å². The van der Waals surface area contributed by atoms with Crippen molar-refractivity contribution in [2.24, 2.45) is 0 Å². The summed E-state index contributed by atoms with van der Waals surface area (Å²) in [5.41, 5.74) is 3.36. The first kappa shape index (κ1) is 13.8. The maximum Gasteiger partial charge on any atom is 0.248 e. The van der Waals surface area contributed by atoms with Crippen LogP contribution in [0.25, 0.3) is 0 Å².